The van der Waals surface area contributed by atoms with E-state index in [-0.39, 0.29) is 18.1 Å². The summed E-state index contributed by atoms with van der Waals surface area (Å²) < 4.78 is 0. The third-order valence-corrected chi connectivity index (χ3v) is 3.42. The Morgan fingerprint density at radius 1 is 1.32 bits per heavy atom. The maximum Gasteiger partial charge on any atom is 0.0594 e. The Hall–Kier alpha value is -0.900. The van der Waals surface area contributed by atoms with Crippen LogP contribution in [0.4, 0.5) is 0 Å². The van der Waals surface area contributed by atoms with Gasteiger partial charge in [0, 0.05) is 12.6 Å². The van der Waals surface area contributed by atoms with Gasteiger partial charge in [0.2, 0.25) is 0 Å². The van der Waals surface area contributed by atoms with Crippen molar-refractivity contribution in [3.8, 4) is 0 Å². The average molecular weight is 264 g/mol. The summed E-state index contributed by atoms with van der Waals surface area (Å²) in [6, 6.07) is 6.57. The maximum atomic E-state index is 8.84. The Balaban J connectivity index is 2.52. The molecule has 0 spiro atoms. The summed E-state index contributed by atoms with van der Waals surface area (Å²) in [4.78, 5) is 0. The maximum absolute atomic E-state index is 8.84. The molecule has 3 heteroatoms. The van der Waals surface area contributed by atoms with Crippen molar-refractivity contribution in [2.45, 2.75) is 45.6 Å². The molecule has 0 amide bonds. The van der Waals surface area contributed by atoms with E-state index in [1.165, 1.54) is 16.7 Å². The molecule has 1 rings (SSSR count). The lowest BCUT2D eigenvalue weighted by Crippen LogP contribution is -2.37. The molecule has 4 N–H and O–H groups in total. The Kier molecular flexibility index (Phi) is 5.98. The van der Waals surface area contributed by atoms with Crippen molar-refractivity contribution in [3.63, 3.8) is 0 Å². The first-order chi connectivity index (χ1) is 8.84. The van der Waals surface area contributed by atoms with Crippen LogP contribution < -0.4 is 11.1 Å². The van der Waals surface area contributed by atoms with Crippen molar-refractivity contribution < 1.29 is 5.11 Å². The zero-order valence-corrected chi connectivity index (χ0v) is 12.7. The van der Waals surface area contributed by atoms with Crippen LogP contribution in [-0.4, -0.2) is 30.8 Å². The van der Waals surface area contributed by atoms with E-state index in [0.717, 1.165) is 13.0 Å². The van der Waals surface area contributed by atoms with Crippen molar-refractivity contribution in [3.05, 3.63) is 34.9 Å². The summed E-state index contributed by atoms with van der Waals surface area (Å²) in [6.07, 6.45) is 0.994. The van der Waals surface area contributed by atoms with Crippen molar-refractivity contribution in [1.82, 2.24) is 5.32 Å². The van der Waals surface area contributed by atoms with E-state index < -0.39 is 0 Å². The van der Waals surface area contributed by atoms with Crippen molar-refractivity contribution in [1.29, 1.82) is 0 Å². The lowest BCUT2D eigenvalue weighted by atomic mass is 9.85. The van der Waals surface area contributed by atoms with E-state index in [2.05, 4.69) is 51.2 Å². The zero-order chi connectivity index (χ0) is 14.5. The fraction of sp³-hybridized carbons (Fsp3) is 0.625. The number of nitrogens with two attached hydrogens (primary N) is 1. The van der Waals surface area contributed by atoms with E-state index >= 15 is 0 Å². The van der Waals surface area contributed by atoms with E-state index in [1.54, 1.807) is 0 Å². The second kappa shape index (κ2) is 7.04. The largest absolute Gasteiger partial charge is 0.395 e. The fourth-order valence-corrected chi connectivity index (χ4v) is 2.02. The molecule has 0 aromatic heterocycles. The van der Waals surface area contributed by atoms with E-state index in [4.69, 9.17) is 10.8 Å². The predicted molar refractivity (Wildman–Crippen MR) is 81.5 cm³/mol. The van der Waals surface area contributed by atoms with Crippen LogP contribution in [-0.2, 0) is 11.8 Å². The molecule has 0 fully saturated rings. The van der Waals surface area contributed by atoms with E-state index in [0.29, 0.717) is 6.54 Å². The molecule has 0 saturated carbocycles. The van der Waals surface area contributed by atoms with E-state index in [1.807, 2.05) is 0 Å². The van der Waals surface area contributed by atoms with Crippen LogP contribution in [0.1, 0.15) is 37.5 Å². The molecule has 108 valence electrons. The summed E-state index contributed by atoms with van der Waals surface area (Å²) in [5.74, 6) is 0. The Labute approximate surface area is 117 Å². The lowest BCUT2D eigenvalue weighted by Gasteiger charge is -2.20. The zero-order valence-electron chi connectivity index (χ0n) is 12.7. The quantitative estimate of drug-likeness (QED) is 0.686. The number of hydrogen-bond donors (Lipinski definition) is 3. The van der Waals surface area contributed by atoms with Gasteiger partial charge in [0.25, 0.3) is 0 Å². The molecule has 3 nitrogen and oxygen atoms in total. The number of aliphatic hydroxyl groups excluding tert-OH is 1. The highest BCUT2D eigenvalue weighted by molar-refractivity contribution is 5.34. The molecular weight excluding hydrogens is 236 g/mol. The molecule has 1 unspecified atom stereocenters. The summed E-state index contributed by atoms with van der Waals surface area (Å²) >= 11 is 0. The molecule has 1 atom stereocenters. The van der Waals surface area contributed by atoms with Crippen LogP contribution in [0.3, 0.4) is 0 Å². The number of aryl methyl sites for hydroxylation is 1. The number of rotatable bonds is 6. The number of aliphatic hydroxyl groups is 1. The van der Waals surface area contributed by atoms with Gasteiger partial charge in [-0.3, -0.25) is 0 Å². The molecule has 0 bridgehead atoms. The molecule has 0 saturated heterocycles. The molecule has 0 aliphatic heterocycles. The predicted octanol–water partition coefficient (Wildman–Crippen LogP) is 1.74. The van der Waals surface area contributed by atoms with Gasteiger partial charge >= 0.3 is 0 Å². The minimum Gasteiger partial charge on any atom is -0.395 e. The number of benzene rings is 1. The molecule has 19 heavy (non-hydrogen) atoms. The first-order valence-corrected chi connectivity index (χ1v) is 7.01. The third kappa shape index (κ3) is 5.31. The standard InChI is InChI=1S/C16H28N2O/c1-12-9-14(16(2,3)4)6-5-13(12)7-8-18-10-15(17)11-19/h5-6,9,15,18-19H,7-8,10-11,17H2,1-4H3. The Morgan fingerprint density at radius 3 is 2.53 bits per heavy atom. The monoisotopic (exact) mass is 264 g/mol. The lowest BCUT2D eigenvalue weighted by molar-refractivity contribution is 0.262. The normalized spacial score (nSPS) is 13.6. The first-order valence-electron chi connectivity index (χ1n) is 7.01. The van der Waals surface area contributed by atoms with Gasteiger partial charge in [-0.25, -0.2) is 0 Å². The summed E-state index contributed by atoms with van der Waals surface area (Å²) in [6.45, 7) is 10.5. The SMILES string of the molecule is Cc1cc(C(C)(C)C)ccc1CCNCC(N)CO. The van der Waals surface area contributed by atoms with Crippen LogP contribution >= 0.6 is 0 Å². The van der Waals surface area contributed by atoms with Crippen molar-refractivity contribution in [2.75, 3.05) is 19.7 Å². The molecule has 1 aromatic rings. The average Bonchev–Trinajstić information content (AvgIpc) is 2.34. The van der Waals surface area contributed by atoms with Crippen LogP contribution in [0.5, 0.6) is 0 Å². The van der Waals surface area contributed by atoms with Gasteiger partial charge < -0.3 is 16.2 Å². The van der Waals surface area contributed by atoms with Gasteiger partial charge in [0.1, 0.15) is 0 Å². The van der Waals surface area contributed by atoms with Gasteiger partial charge in [-0.15, -0.1) is 0 Å². The number of nitrogens with one attached hydrogen (secondary N) is 1. The van der Waals surface area contributed by atoms with Crippen molar-refractivity contribution in [2.24, 2.45) is 5.73 Å². The van der Waals surface area contributed by atoms with Crippen LogP contribution in [0.15, 0.2) is 18.2 Å². The molecule has 0 aliphatic rings. The van der Waals surface area contributed by atoms with Crippen LogP contribution in [0.2, 0.25) is 0 Å². The minimum atomic E-state index is -0.163. The summed E-state index contributed by atoms with van der Waals surface area (Å²) in [5.41, 5.74) is 9.94. The van der Waals surface area contributed by atoms with Crippen LogP contribution in [0, 0.1) is 6.92 Å². The van der Waals surface area contributed by atoms with Gasteiger partial charge in [-0.05, 0) is 42.0 Å². The molecule has 1 aromatic carbocycles. The molecule has 0 radical (unpaired) electrons. The van der Waals surface area contributed by atoms with Gasteiger partial charge in [-0.2, -0.15) is 0 Å². The highest BCUT2D eigenvalue weighted by Gasteiger charge is 2.14. The fourth-order valence-electron chi connectivity index (χ4n) is 2.02. The molecule has 0 heterocycles. The summed E-state index contributed by atoms with van der Waals surface area (Å²) in [5, 5.41) is 12.1. The van der Waals surface area contributed by atoms with Gasteiger partial charge in [0.15, 0.2) is 0 Å². The second-order valence-corrected chi connectivity index (χ2v) is 6.29. The van der Waals surface area contributed by atoms with Gasteiger partial charge in [0.05, 0.1) is 6.61 Å². The minimum absolute atomic E-state index is 0.0340. The number of hydrogen-bond acceptors (Lipinski definition) is 3. The Bertz CT molecular complexity index is 396. The topological polar surface area (TPSA) is 58.3 Å². The van der Waals surface area contributed by atoms with E-state index in [9.17, 15) is 0 Å². The van der Waals surface area contributed by atoms with Gasteiger partial charge in [-0.1, -0.05) is 39.0 Å². The second-order valence-electron chi connectivity index (χ2n) is 6.29. The highest BCUT2D eigenvalue weighted by Crippen LogP contribution is 2.24. The third-order valence-electron chi connectivity index (χ3n) is 3.42. The Morgan fingerprint density at radius 2 is 2.00 bits per heavy atom. The molecule has 0 aliphatic carbocycles. The first kappa shape index (κ1) is 16.2. The molecular formula is C16H28N2O. The van der Waals surface area contributed by atoms with Crippen LogP contribution in [0.25, 0.3) is 0 Å². The smallest absolute Gasteiger partial charge is 0.0594 e. The summed E-state index contributed by atoms with van der Waals surface area (Å²) in [7, 11) is 0. The van der Waals surface area contributed by atoms with Crippen molar-refractivity contribution >= 4 is 0 Å². The highest BCUT2D eigenvalue weighted by atomic mass is 16.3.